The summed E-state index contributed by atoms with van der Waals surface area (Å²) in [6, 6.07) is 7.66. The molecule has 1 aromatic rings. The Morgan fingerprint density at radius 1 is 1.24 bits per heavy atom. The Labute approximate surface area is 131 Å². The zero-order valence-electron chi connectivity index (χ0n) is 12.9. The molecule has 0 spiro atoms. The van der Waals surface area contributed by atoms with E-state index in [0.29, 0.717) is 16.5 Å². The number of anilines is 1. The third-order valence-corrected chi connectivity index (χ3v) is 5.02. The van der Waals surface area contributed by atoms with Crippen molar-refractivity contribution in [2.24, 2.45) is 10.8 Å². The number of amides is 2. The molecule has 0 radical (unpaired) electrons. The molecule has 2 atom stereocenters. The normalized spacial score (nSPS) is 30.3. The molecule has 1 saturated carbocycles. The zero-order chi connectivity index (χ0) is 15.3. The summed E-state index contributed by atoms with van der Waals surface area (Å²) >= 11 is 5.87. The first-order valence-corrected chi connectivity index (χ1v) is 7.97. The highest BCUT2D eigenvalue weighted by Gasteiger charge is 2.50. The van der Waals surface area contributed by atoms with E-state index in [2.05, 4.69) is 26.1 Å². The van der Waals surface area contributed by atoms with E-state index < -0.39 is 0 Å². The fourth-order valence-electron chi connectivity index (χ4n) is 4.43. The predicted octanol–water partition coefficient (Wildman–Crippen LogP) is 4.77. The molecule has 0 unspecified atom stereocenters. The highest BCUT2D eigenvalue weighted by molar-refractivity contribution is 6.30. The van der Waals surface area contributed by atoms with Crippen molar-refractivity contribution >= 4 is 23.3 Å². The van der Waals surface area contributed by atoms with Crippen LogP contribution in [0.4, 0.5) is 10.5 Å². The minimum atomic E-state index is 0.0174. The first-order chi connectivity index (χ1) is 9.76. The maximum atomic E-state index is 12.6. The van der Waals surface area contributed by atoms with Crippen molar-refractivity contribution < 1.29 is 4.79 Å². The van der Waals surface area contributed by atoms with Crippen LogP contribution < -0.4 is 5.32 Å². The molecule has 114 valence electrons. The number of rotatable bonds is 1. The number of urea groups is 1. The Morgan fingerprint density at radius 3 is 2.57 bits per heavy atom. The van der Waals surface area contributed by atoms with Crippen LogP contribution in [0, 0.1) is 10.8 Å². The van der Waals surface area contributed by atoms with Gasteiger partial charge < -0.3 is 10.2 Å². The van der Waals surface area contributed by atoms with Gasteiger partial charge in [0.2, 0.25) is 0 Å². The quantitative estimate of drug-likeness (QED) is 0.796. The van der Waals surface area contributed by atoms with Crippen LogP contribution in [0.2, 0.25) is 5.02 Å². The van der Waals surface area contributed by atoms with E-state index in [1.807, 2.05) is 17.0 Å². The SMILES string of the molecule is CC1(C)C[C@H]2C[C@@](C)(CN2C(=O)Nc2ccc(Cl)cc2)C1. The number of likely N-dealkylation sites (tertiary alicyclic amines) is 1. The number of carbonyl (C=O) groups excluding carboxylic acids is 1. The van der Waals surface area contributed by atoms with Gasteiger partial charge in [0.25, 0.3) is 0 Å². The van der Waals surface area contributed by atoms with Gasteiger partial charge in [-0.25, -0.2) is 4.79 Å². The molecule has 2 bridgehead atoms. The minimum absolute atomic E-state index is 0.0174. The second kappa shape index (κ2) is 4.91. The molecule has 1 saturated heterocycles. The van der Waals surface area contributed by atoms with Gasteiger partial charge in [-0.2, -0.15) is 0 Å². The van der Waals surface area contributed by atoms with Crippen LogP contribution in [0.1, 0.15) is 40.0 Å². The van der Waals surface area contributed by atoms with Crippen LogP contribution in [0.5, 0.6) is 0 Å². The molecular formula is C17H23ClN2O. The van der Waals surface area contributed by atoms with Gasteiger partial charge in [-0.3, -0.25) is 0 Å². The van der Waals surface area contributed by atoms with Crippen molar-refractivity contribution in [1.29, 1.82) is 0 Å². The number of hydrogen-bond donors (Lipinski definition) is 1. The first kappa shape index (κ1) is 14.7. The Hall–Kier alpha value is -1.22. The van der Waals surface area contributed by atoms with Gasteiger partial charge in [0, 0.05) is 23.3 Å². The molecule has 1 aliphatic carbocycles. The van der Waals surface area contributed by atoms with Crippen molar-refractivity contribution in [3.05, 3.63) is 29.3 Å². The summed E-state index contributed by atoms with van der Waals surface area (Å²) < 4.78 is 0. The molecule has 21 heavy (non-hydrogen) atoms. The molecule has 2 aliphatic rings. The van der Waals surface area contributed by atoms with Crippen LogP contribution in [0.15, 0.2) is 24.3 Å². The predicted molar refractivity (Wildman–Crippen MR) is 86.7 cm³/mol. The zero-order valence-corrected chi connectivity index (χ0v) is 13.7. The molecular weight excluding hydrogens is 284 g/mol. The lowest BCUT2D eigenvalue weighted by Crippen LogP contribution is -2.40. The van der Waals surface area contributed by atoms with Crippen molar-refractivity contribution in [2.45, 2.75) is 46.1 Å². The third kappa shape index (κ3) is 3.03. The topological polar surface area (TPSA) is 32.3 Å². The maximum Gasteiger partial charge on any atom is 0.322 e. The summed E-state index contributed by atoms with van der Waals surface area (Å²) in [5.41, 5.74) is 1.40. The summed E-state index contributed by atoms with van der Waals surface area (Å²) in [6.07, 6.45) is 3.42. The van der Waals surface area contributed by atoms with Crippen LogP contribution in [-0.2, 0) is 0 Å². The summed E-state index contributed by atoms with van der Waals surface area (Å²) in [5, 5.41) is 3.68. The number of carbonyl (C=O) groups is 1. The molecule has 1 aliphatic heterocycles. The lowest BCUT2D eigenvalue weighted by Gasteiger charge is -2.39. The Kier molecular flexibility index (Phi) is 3.44. The molecule has 3 nitrogen and oxygen atoms in total. The van der Waals surface area contributed by atoms with Gasteiger partial charge >= 0.3 is 6.03 Å². The van der Waals surface area contributed by atoms with Gasteiger partial charge in [-0.1, -0.05) is 32.4 Å². The van der Waals surface area contributed by atoms with Gasteiger partial charge in [-0.05, 0) is 54.4 Å². The van der Waals surface area contributed by atoms with Gasteiger partial charge in [0.1, 0.15) is 0 Å². The Balaban J connectivity index is 1.73. The van der Waals surface area contributed by atoms with E-state index in [1.54, 1.807) is 12.1 Å². The number of benzene rings is 1. The van der Waals surface area contributed by atoms with E-state index in [9.17, 15) is 4.79 Å². The van der Waals surface area contributed by atoms with Crippen molar-refractivity contribution in [2.75, 3.05) is 11.9 Å². The molecule has 1 heterocycles. The summed E-state index contributed by atoms with van der Waals surface area (Å²) in [4.78, 5) is 14.6. The molecule has 2 fully saturated rings. The van der Waals surface area contributed by atoms with Gasteiger partial charge in [-0.15, -0.1) is 0 Å². The Morgan fingerprint density at radius 2 is 1.90 bits per heavy atom. The maximum absolute atomic E-state index is 12.6. The second-order valence-electron chi connectivity index (χ2n) is 7.78. The lowest BCUT2D eigenvalue weighted by atomic mass is 9.65. The van der Waals surface area contributed by atoms with Crippen LogP contribution in [0.3, 0.4) is 0 Å². The van der Waals surface area contributed by atoms with E-state index in [-0.39, 0.29) is 11.4 Å². The fraction of sp³-hybridized carbons (Fsp3) is 0.588. The average Bonchev–Trinajstić information content (AvgIpc) is 2.61. The average molecular weight is 307 g/mol. The Bertz CT molecular complexity index is 554. The molecule has 1 N–H and O–H groups in total. The third-order valence-electron chi connectivity index (χ3n) is 4.77. The highest BCUT2D eigenvalue weighted by atomic mass is 35.5. The van der Waals surface area contributed by atoms with Crippen molar-refractivity contribution in [1.82, 2.24) is 4.90 Å². The first-order valence-electron chi connectivity index (χ1n) is 7.60. The minimum Gasteiger partial charge on any atom is -0.321 e. The van der Waals surface area contributed by atoms with Crippen LogP contribution in [-0.4, -0.2) is 23.5 Å². The van der Waals surface area contributed by atoms with Crippen molar-refractivity contribution in [3.63, 3.8) is 0 Å². The van der Waals surface area contributed by atoms with E-state index in [0.717, 1.165) is 25.1 Å². The van der Waals surface area contributed by atoms with Gasteiger partial charge in [0.15, 0.2) is 0 Å². The monoisotopic (exact) mass is 306 g/mol. The van der Waals surface area contributed by atoms with Crippen LogP contribution >= 0.6 is 11.6 Å². The number of halogens is 1. The number of fused-ring (bicyclic) bond motifs is 2. The smallest absolute Gasteiger partial charge is 0.321 e. The summed E-state index contributed by atoms with van der Waals surface area (Å²) in [7, 11) is 0. The second-order valence-corrected chi connectivity index (χ2v) is 8.22. The van der Waals surface area contributed by atoms with E-state index in [1.165, 1.54) is 6.42 Å². The number of hydrogen-bond acceptors (Lipinski definition) is 1. The lowest BCUT2D eigenvalue weighted by molar-refractivity contribution is 0.130. The van der Waals surface area contributed by atoms with Crippen molar-refractivity contribution in [3.8, 4) is 0 Å². The standard InChI is InChI=1S/C17H23ClN2O/c1-16(2)8-14-9-17(3,10-16)11-20(14)15(21)19-13-6-4-12(18)5-7-13/h4-7,14H,8-11H2,1-3H3,(H,19,21)/t14-,17+/m0/s1. The van der Waals surface area contributed by atoms with E-state index >= 15 is 0 Å². The highest BCUT2D eigenvalue weighted by Crippen LogP contribution is 2.52. The fourth-order valence-corrected chi connectivity index (χ4v) is 4.55. The number of nitrogens with zero attached hydrogens (tertiary/aromatic N) is 1. The summed E-state index contributed by atoms with van der Waals surface area (Å²) in [6.45, 7) is 7.81. The molecule has 4 heteroatoms. The molecule has 3 rings (SSSR count). The molecule has 0 aromatic heterocycles. The molecule has 2 amide bonds. The summed E-state index contributed by atoms with van der Waals surface area (Å²) in [5.74, 6) is 0. The van der Waals surface area contributed by atoms with E-state index in [4.69, 9.17) is 11.6 Å². The largest absolute Gasteiger partial charge is 0.322 e. The molecule has 1 aromatic carbocycles. The number of nitrogens with one attached hydrogen (secondary N) is 1. The van der Waals surface area contributed by atoms with Crippen LogP contribution in [0.25, 0.3) is 0 Å². The van der Waals surface area contributed by atoms with Gasteiger partial charge in [0.05, 0.1) is 0 Å².